The highest BCUT2D eigenvalue weighted by Crippen LogP contribution is 2.41. The summed E-state index contributed by atoms with van der Waals surface area (Å²) in [7, 11) is 1.76. The van der Waals surface area contributed by atoms with Crippen LogP contribution in [0.2, 0.25) is 0 Å². The topological polar surface area (TPSA) is 116 Å². The molecule has 216 valence electrons. The molecule has 11 heteroatoms. The zero-order valence-electron chi connectivity index (χ0n) is 23.8. The van der Waals surface area contributed by atoms with E-state index in [2.05, 4.69) is 28.0 Å². The van der Waals surface area contributed by atoms with E-state index in [1.165, 1.54) is 22.1 Å². The number of fused-ring (bicyclic) bond motifs is 1. The van der Waals surface area contributed by atoms with Crippen LogP contribution in [0.3, 0.4) is 0 Å². The Hall–Kier alpha value is -4.30. The lowest BCUT2D eigenvalue weighted by atomic mass is 10.0. The molecule has 3 aliphatic rings. The smallest absolute Gasteiger partial charge is 0.280 e. The molecule has 1 amide bonds. The number of amides is 1. The van der Waals surface area contributed by atoms with Gasteiger partial charge in [-0.1, -0.05) is 6.92 Å². The number of pyridine rings is 2. The van der Waals surface area contributed by atoms with Gasteiger partial charge in [-0.2, -0.15) is 10.4 Å². The fraction of sp³-hybridized carbons (Fsp3) is 0.452. The minimum atomic E-state index is -1.00. The molecule has 1 atom stereocenters. The number of hydrogen-bond donors (Lipinski definition) is 1. The molecule has 0 unspecified atom stereocenters. The third kappa shape index (κ3) is 4.69. The van der Waals surface area contributed by atoms with Gasteiger partial charge in [0.1, 0.15) is 23.6 Å². The summed E-state index contributed by atoms with van der Waals surface area (Å²) < 4.78 is 16.6. The quantitative estimate of drug-likeness (QED) is 0.377. The van der Waals surface area contributed by atoms with Gasteiger partial charge in [0.05, 0.1) is 36.1 Å². The zero-order chi connectivity index (χ0) is 29.1. The van der Waals surface area contributed by atoms with Crippen molar-refractivity contribution in [2.24, 2.45) is 13.0 Å². The lowest BCUT2D eigenvalue weighted by Gasteiger charge is -2.34. The maximum absolute atomic E-state index is 13.9. The van der Waals surface area contributed by atoms with Crippen molar-refractivity contribution in [2.45, 2.75) is 51.2 Å². The summed E-state index contributed by atoms with van der Waals surface area (Å²) in [6, 6.07) is 7.90. The van der Waals surface area contributed by atoms with E-state index in [4.69, 9.17) is 4.98 Å². The summed E-state index contributed by atoms with van der Waals surface area (Å²) in [6.45, 7) is 5.12. The number of H-pyrrole nitrogens is 1. The Morgan fingerprint density at radius 2 is 2.00 bits per heavy atom. The molecular formula is C31H33FN8O2. The molecule has 4 aromatic heterocycles. The van der Waals surface area contributed by atoms with E-state index in [1.807, 2.05) is 12.1 Å². The van der Waals surface area contributed by atoms with Crippen molar-refractivity contribution in [1.82, 2.24) is 34.1 Å². The van der Waals surface area contributed by atoms with Crippen molar-refractivity contribution in [2.75, 3.05) is 26.2 Å². The van der Waals surface area contributed by atoms with Gasteiger partial charge in [-0.05, 0) is 56.3 Å². The Balaban J connectivity index is 1.31. The normalized spacial score (nSPS) is 19.7. The molecule has 1 saturated carbocycles. The fourth-order valence-corrected chi connectivity index (χ4v) is 6.37. The van der Waals surface area contributed by atoms with Crippen LogP contribution in [0.15, 0.2) is 35.4 Å². The first-order valence-corrected chi connectivity index (χ1v) is 14.7. The number of aromatic amines is 1. The number of nitrogens with one attached hydrogen (secondary N) is 1. The number of carbonyl (C=O) groups is 1. The number of rotatable bonds is 6. The minimum Gasteiger partial charge on any atom is -0.353 e. The van der Waals surface area contributed by atoms with Gasteiger partial charge in [0.25, 0.3) is 11.5 Å². The average molecular weight is 569 g/mol. The number of nitrogens with zero attached hydrogens (tertiary/aromatic N) is 7. The molecule has 7 rings (SSSR count). The molecule has 10 nitrogen and oxygen atoms in total. The number of aryl methyl sites for hydroxylation is 1. The molecular weight excluding hydrogens is 535 g/mol. The van der Waals surface area contributed by atoms with E-state index in [0.29, 0.717) is 51.6 Å². The SMILES string of the molecule is C[C@H]1CCCN(Cc2cc3c(C#N)cn(-c4cc(-c5c(C(=O)N6CC(F)C6)cnn5C)cc(C5CC5)n4)c(=O)c3[nH]2)C1. The predicted octanol–water partition coefficient (Wildman–Crippen LogP) is 3.89. The third-order valence-electron chi connectivity index (χ3n) is 8.75. The number of piperidine rings is 1. The van der Waals surface area contributed by atoms with Crippen LogP contribution in [0.4, 0.5) is 4.39 Å². The first-order valence-electron chi connectivity index (χ1n) is 14.7. The minimum absolute atomic E-state index is 0.0728. The Bertz CT molecular complexity index is 1800. The summed E-state index contributed by atoms with van der Waals surface area (Å²) in [5.41, 5.74) is 3.87. The molecule has 4 aromatic rings. The molecule has 3 fully saturated rings. The Morgan fingerprint density at radius 3 is 2.71 bits per heavy atom. The summed E-state index contributed by atoms with van der Waals surface area (Å²) in [5.74, 6) is 1.00. The van der Waals surface area contributed by atoms with Crippen LogP contribution in [-0.2, 0) is 13.6 Å². The molecule has 1 N–H and O–H groups in total. The van der Waals surface area contributed by atoms with Gasteiger partial charge in [-0.15, -0.1) is 0 Å². The standard InChI is InChI=1S/C31H33FN8O2/c1-18-4-3-7-38(13-18)17-23-10-24-21(11-33)14-40(31(42)28(24)35-23)27-9-20(8-26(36-27)19-5-6-19)29-25(12-34-37(29)2)30(41)39-15-22(32)16-39/h8-10,12,14,18-19,22,35H,3-7,13,15-17H2,1-2H3/t18-/m0/s1. The molecule has 1 aliphatic carbocycles. The number of hydrogen-bond acceptors (Lipinski definition) is 6. The monoisotopic (exact) mass is 568 g/mol. The second-order valence-corrected chi connectivity index (χ2v) is 12.1. The summed E-state index contributed by atoms with van der Waals surface area (Å²) in [4.78, 5) is 39.2. The lowest BCUT2D eigenvalue weighted by Crippen LogP contribution is -2.51. The molecule has 0 radical (unpaired) electrons. The predicted molar refractivity (Wildman–Crippen MR) is 155 cm³/mol. The van der Waals surface area contributed by atoms with Crippen molar-refractivity contribution in [3.05, 3.63) is 63.5 Å². The average Bonchev–Trinajstić information content (AvgIpc) is 3.61. The van der Waals surface area contributed by atoms with Crippen LogP contribution >= 0.6 is 0 Å². The Labute approximate surface area is 242 Å². The summed E-state index contributed by atoms with van der Waals surface area (Å²) >= 11 is 0. The van der Waals surface area contributed by atoms with Gasteiger partial charge < -0.3 is 9.88 Å². The van der Waals surface area contributed by atoms with Crippen LogP contribution in [0.5, 0.6) is 0 Å². The number of carbonyl (C=O) groups excluding carboxylic acids is 1. The summed E-state index contributed by atoms with van der Waals surface area (Å²) in [5, 5.41) is 15.0. The maximum atomic E-state index is 13.9. The van der Waals surface area contributed by atoms with Crippen molar-refractivity contribution >= 4 is 16.8 Å². The molecule has 0 aromatic carbocycles. The Kier molecular flexibility index (Phi) is 6.46. The fourth-order valence-electron chi connectivity index (χ4n) is 6.37. The number of halogens is 1. The van der Waals surface area contributed by atoms with Gasteiger partial charge in [0, 0.05) is 54.6 Å². The number of nitriles is 1. The van der Waals surface area contributed by atoms with Gasteiger partial charge in [-0.3, -0.25) is 23.7 Å². The lowest BCUT2D eigenvalue weighted by molar-refractivity contribution is 0.0401. The molecule has 6 heterocycles. The number of aromatic nitrogens is 5. The van der Waals surface area contributed by atoms with Crippen molar-refractivity contribution < 1.29 is 9.18 Å². The zero-order valence-corrected chi connectivity index (χ0v) is 23.8. The van der Waals surface area contributed by atoms with Gasteiger partial charge in [0.15, 0.2) is 0 Å². The van der Waals surface area contributed by atoms with E-state index in [0.717, 1.165) is 43.7 Å². The van der Waals surface area contributed by atoms with Gasteiger partial charge >= 0.3 is 0 Å². The van der Waals surface area contributed by atoms with Gasteiger partial charge in [-0.25, -0.2) is 9.37 Å². The second-order valence-electron chi connectivity index (χ2n) is 12.1. The number of alkyl halides is 1. The Morgan fingerprint density at radius 1 is 1.19 bits per heavy atom. The molecule has 2 aliphatic heterocycles. The highest BCUT2D eigenvalue weighted by molar-refractivity contribution is 6.00. The van der Waals surface area contributed by atoms with E-state index in [1.54, 1.807) is 24.0 Å². The maximum Gasteiger partial charge on any atom is 0.280 e. The van der Waals surface area contributed by atoms with Crippen molar-refractivity contribution in [3.8, 4) is 23.1 Å². The van der Waals surface area contributed by atoms with E-state index < -0.39 is 6.17 Å². The first-order chi connectivity index (χ1) is 20.3. The molecule has 0 bridgehead atoms. The van der Waals surface area contributed by atoms with Gasteiger partial charge in [0.2, 0.25) is 0 Å². The highest BCUT2D eigenvalue weighted by Gasteiger charge is 2.34. The van der Waals surface area contributed by atoms with E-state index in [9.17, 15) is 19.2 Å². The molecule has 42 heavy (non-hydrogen) atoms. The highest BCUT2D eigenvalue weighted by atomic mass is 19.1. The van der Waals surface area contributed by atoms with Crippen LogP contribution in [0.1, 0.15) is 65.8 Å². The van der Waals surface area contributed by atoms with E-state index in [-0.39, 0.29) is 30.5 Å². The second kappa shape index (κ2) is 10.2. The van der Waals surface area contributed by atoms with Crippen LogP contribution in [0.25, 0.3) is 28.0 Å². The van der Waals surface area contributed by atoms with E-state index >= 15 is 0 Å². The third-order valence-corrected chi connectivity index (χ3v) is 8.75. The number of likely N-dealkylation sites (tertiary alicyclic amines) is 2. The molecule has 0 spiro atoms. The summed E-state index contributed by atoms with van der Waals surface area (Å²) in [6.07, 6.45) is 6.43. The van der Waals surface area contributed by atoms with Crippen LogP contribution < -0.4 is 5.56 Å². The first kappa shape index (κ1) is 26.6. The van der Waals surface area contributed by atoms with Crippen molar-refractivity contribution in [3.63, 3.8) is 0 Å². The largest absolute Gasteiger partial charge is 0.353 e. The van der Waals surface area contributed by atoms with Crippen molar-refractivity contribution in [1.29, 1.82) is 5.26 Å². The van der Waals surface area contributed by atoms with Crippen LogP contribution in [-0.4, -0.2) is 72.4 Å². The van der Waals surface area contributed by atoms with Crippen LogP contribution in [0, 0.1) is 17.2 Å². The molecule has 2 saturated heterocycles.